The Morgan fingerprint density at radius 2 is 1.86 bits per heavy atom. The van der Waals surface area contributed by atoms with Gasteiger partial charge in [0.25, 0.3) is 0 Å². The number of nitrogens with one attached hydrogen (secondary N) is 1. The number of nitrogens with zero attached hydrogens (tertiary/aromatic N) is 2. The summed E-state index contributed by atoms with van der Waals surface area (Å²) in [6.45, 7) is 3.40. The summed E-state index contributed by atoms with van der Waals surface area (Å²) in [4.78, 5) is 0. The van der Waals surface area contributed by atoms with E-state index in [2.05, 4.69) is 30.6 Å². The van der Waals surface area contributed by atoms with Gasteiger partial charge in [0.05, 0.1) is 13.6 Å². The van der Waals surface area contributed by atoms with E-state index in [0.717, 1.165) is 11.7 Å². The maximum Gasteiger partial charge on any atom is 0.0842 e. The van der Waals surface area contributed by atoms with Crippen molar-refractivity contribution in [2.75, 3.05) is 13.6 Å². The fraction of sp³-hybridized carbons (Fsp3) is 0.818. The normalized spacial score (nSPS) is 20.1. The minimum Gasteiger partial charge on any atom is -0.468 e. The third-order valence-corrected chi connectivity index (χ3v) is 2.68. The molecule has 82 valence electrons. The van der Waals surface area contributed by atoms with E-state index in [1.165, 1.54) is 38.5 Å². The van der Waals surface area contributed by atoms with Crippen LogP contribution in [0.5, 0.6) is 0 Å². The third kappa shape index (κ3) is 4.01. The van der Waals surface area contributed by atoms with Crippen LogP contribution in [0.2, 0.25) is 0 Å². The second kappa shape index (κ2) is 6.71. The first kappa shape index (κ1) is 11.4. The van der Waals surface area contributed by atoms with Crippen LogP contribution in [-0.2, 0) is 0 Å². The quantitative estimate of drug-likeness (QED) is 0.618. The Balaban J connectivity index is 1.91. The zero-order chi connectivity index (χ0) is 10.2. The van der Waals surface area contributed by atoms with Crippen molar-refractivity contribution in [3.8, 4) is 0 Å². The van der Waals surface area contributed by atoms with Crippen LogP contribution in [0.25, 0.3) is 5.43 Å². The average molecular weight is 197 g/mol. The topological polar surface area (TPSA) is 21.8 Å². The SMILES string of the molecule is CCCCCCCCN1C=C[N-][NH+]1C. The third-order valence-electron chi connectivity index (χ3n) is 2.68. The number of rotatable bonds is 7. The maximum absolute atomic E-state index is 4.21. The van der Waals surface area contributed by atoms with Crippen molar-refractivity contribution in [3.63, 3.8) is 0 Å². The number of unbranched alkanes of at least 4 members (excludes halogenated alkanes) is 5. The first-order valence-electron chi connectivity index (χ1n) is 5.82. The molecule has 0 fully saturated rings. The molecule has 3 nitrogen and oxygen atoms in total. The first-order chi connectivity index (χ1) is 6.84. The molecule has 0 amide bonds. The summed E-state index contributed by atoms with van der Waals surface area (Å²) >= 11 is 0. The molecule has 0 aromatic rings. The Bertz CT molecular complexity index is 168. The molecule has 0 saturated carbocycles. The molecule has 14 heavy (non-hydrogen) atoms. The summed E-state index contributed by atoms with van der Waals surface area (Å²) in [6, 6.07) is 0. The highest BCUT2D eigenvalue weighted by molar-refractivity contribution is 4.92. The van der Waals surface area contributed by atoms with Crippen LogP contribution in [0.4, 0.5) is 0 Å². The molecule has 1 atom stereocenters. The zero-order valence-corrected chi connectivity index (χ0v) is 9.50. The van der Waals surface area contributed by atoms with Gasteiger partial charge >= 0.3 is 0 Å². The Kier molecular flexibility index (Phi) is 5.45. The van der Waals surface area contributed by atoms with Crippen LogP contribution >= 0.6 is 0 Å². The van der Waals surface area contributed by atoms with E-state index >= 15 is 0 Å². The van der Waals surface area contributed by atoms with Crippen LogP contribution < -0.4 is 5.12 Å². The predicted octanol–water partition coefficient (Wildman–Crippen LogP) is 1.85. The maximum atomic E-state index is 4.21. The van der Waals surface area contributed by atoms with Gasteiger partial charge in [0.2, 0.25) is 0 Å². The summed E-state index contributed by atoms with van der Waals surface area (Å²) in [5, 5.41) is 3.37. The number of hydrogen-bond acceptors (Lipinski definition) is 1. The molecule has 0 aliphatic carbocycles. The van der Waals surface area contributed by atoms with Gasteiger partial charge in [0.1, 0.15) is 0 Å². The molecule has 0 radical (unpaired) electrons. The molecule has 0 saturated heterocycles. The molecule has 3 heteroatoms. The Morgan fingerprint density at radius 3 is 2.50 bits per heavy atom. The Hall–Kier alpha value is -0.700. The summed E-state index contributed by atoms with van der Waals surface area (Å²) < 4.78 is 0. The van der Waals surface area contributed by atoms with E-state index in [0.29, 0.717) is 0 Å². The van der Waals surface area contributed by atoms with Crippen molar-refractivity contribution >= 4 is 0 Å². The minimum absolute atomic E-state index is 1.14. The van der Waals surface area contributed by atoms with Gasteiger partial charge in [-0.15, -0.1) is 6.20 Å². The lowest BCUT2D eigenvalue weighted by Gasteiger charge is -2.28. The Morgan fingerprint density at radius 1 is 1.14 bits per heavy atom. The van der Waals surface area contributed by atoms with Crippen molar-refractivity contribution in [3.05, 3.63) is 17.8 Å². The van der Waals surface area contributed by atoms with E-state index in [1.54, 1.807) is 0 Å². The molecule has 1 heterocycles. The highest BCUT2D eigenvalue weighted by atomic mass is 15.8. The van der Waals surface area contributed by atoms with Gasteiger partial charge < -0.3 is 5.43 Å². The van der Waals surface area contributed by atoms with Crippen molar-refractivity contribution < 1.29 is 5.12 Å². The van der Waals surface area contributed by atoms with E-state index in [4.69, 9.17) is 0 Å². The van der Waals surface area contributed by atoms with E-state index in [-0.39, 0.29) is 0 Å². The van der Waals surface area contributed by atoms with E-state index < -0.39 is 0 Å². The summed E-state index contributed by atoms with van der Waals surface area (Å²) in [5.41, 5.74) is 4.21. The highest BCUT2D eigenvalue weighted by Crippen LogP contribution is 2.05. The molecular formula is C11H23N3. The van der Waals surface area contributed by atoms with Crippen molar-refractivity contribution in [2.24, 2.45) is 0 Å². The molecule has 1 aliphatic rings. The lowest BCUT2D eigenvalue weighted by atomic mass is 10.1. The van der Waals surface area contributed by atoms with Gasteiger partial charge in [-0.05, 0) is 6.42 Å². The molecule has 1 aliphatic heterocycles. The monoisotopic (exact) mass is 197 g/mol. The van der Waals surface area contributed by atoms with Gasteiger partial charge in [0, 0.05) is 6.20 Å². The van der Waals surface area contributed by atoms with Crippen LogP contribution in [0, 0.1) is 0 Å². The van der Waals surface area contributed by atoms with Crippen molar-refractivity contribution in [1.82, 2.24) is 5.01 Å². The zero-order valence-electron chi connectivity index (χ0n) is 9.50. The highest BCUT2D eigenvalue weighted by Gasteiger charge is 2.06. The predicted molar refractivity (Wildman–Crippen MR) is 59.5 cm³/mol. The van der Waals surface area contributed by atoms with E-state index in [9.17, 15) is 0 Å². The van der Waals surface area contributed by atoms with Gasteiger partial charge in [-0.25, -0.2) is 5.01 Å². The number of hydrogen-bond donors (Lipinski definition) is 1. The second-order valence-electron chi connectivity index (χ2n) is 3.94. The molecule has 1 unspecified atom stereocenters. The van der Waals surface area contributed by atoms with Crippen molar-refractivity contribution in [1.29, 1.82) is 0 Å². The van der Waals surface area contributed by atoms with Gasteiger partial charge in [-0.2, -0.15) is 0 Å². The molecule has 0 bridgehead atoms. The molecule has 1 rings (SSSR count). The molecule has 0 spiro atoms. The fourth-order valence-corrected chi connectivity index (χ4v) is 1.70. The largest absolute Gasteiger partial charge is 0.468 e. The van der Waals surface area contributed by atoms with Gasteiger partial charge in [0.15, 0.2) is 0 Å². The first-order valence-corrected chi connectivity index (χ1v) is 5.82. The Labute approximate surface area is 87.7 Å². The van der Waals surface area contributed by atoms with Crippen LogP contribution in [0.1, 0.15) is 45.4 Å². The standard InChI is InChI=1S/C11H23N3/c1-3-4-5-6-7-8-10-14-11-9-12-13(14)2/h9,11,13H,3-8,10H2,1-2H3. The number of quaternary nitrogens is 1. The van der Waals surface area contributed by atoms with Crippen LogP contribution in [0.15, 0.2) is 12.4 Å². The van der Waals surface area contributed by atoms with Gasteiger partial charge in [-0.3, -0.25) is 5.12 Å². The summed E-state index contributed by atoms with van der Waals surface area (Å²) in [5.74, 6) is 0. The van der Waals surface area contributed by atoms with Gasteiger partial charge in [-0.1, -0.05) is 39.0 Å². The van der Waals surface area contributed by atoms with E-state index in [1.807, 2.05) is 6.20 Å². The second-order valence-corrected chi connectivity index (χ2v) is 3.94. The van der Waals surface area contributed by atoms with Crippen molar-refractivity contribution in [2.45, 2.75) is 45.4 Å². The van der Waals surface area contributed by atoms with Crippen LogP contribution in [-0.4, -0.2) is 18.6 Å². The molecular weight excluding hydrogens is 174 g/mol. The fourth-order valence-electron chi connectivity index (χ4n) is 1.70. The lowest BCUT2D eigenvalue weighted by molar-refractivity contribution is -0.949. The summed E-state index contributed by atoms with van der Waals surface area (Å²) in [6.07, 6.45) is 12.1. The average Bonchev–Trinajstić information content (AvgIpc) is 2.58. The minimum atomic E-state index is 1.14. The van der Waals surface area contributed by atoms with Crippen LogP contribution in [0.3, 0.4) is 0 Å². The molecule has 0 aromatic carbocycles. The molecule has 1 N–H and O–H groups in total. The smallest absolute Gasteiger partial charge is 0.0842 e. The molecule has 0 aromatic heterocycles. The summed E-state index contributed by atoms with van der Waals surface area (Å²) in [7, 11) is 2.07. The lowest BCUT2D eigenvalue weighted by Crippen LogP contribution is -3.09.